The number of aromatic nitrogens is 4. The summed E-state index contributed by atoms with van der Waals surface area (Å²) >= 11 is 0. The molecule has 0 radical (unpaired) electrons. The first-order chi connectivity index (χ1) is 11.5. The Balaban J connectivity index is 1.69. The second-order valence-electron chi connectivity index (χ2n) is 7.18. The number of morpholine rings is 1. The summed E-state index contributed by atoms with van der Waals surface area (Å²) in [7, 11) is 0. The topological polar surface area (TPSA) is 76.1 Å². The lowest BCUT2D eigenvalue weighted by molar-refractivity contribution is -0.0408. The van der Waals surface area contributed by atoms with Gasteiger partial charge in [0, 0.05) is 32.0 Å². The predicted octanol–water partition coefficient (Wildman–Crippen LogP) is 2.43. The Morgan fingerprint density at radius 3 is 2.79 bits per heavy atom. The van der Waals surface area contributed by atoms with Crippen LogP contribution in [0, 0.1) is 5.41 Å². The van der Waals surface area contributed by atoms with E-state index < -0.39 is 0 Å². The summed E-state index contributed by atoms with van der Waals surface area (Å²) in [5.74, 6) is 1.12. The van der Waals surface area contributed by atoms with Crippen molar-refractivity contribution in [3.05, 3.63) is 36.5 Å². The minimum atomic E-state index is -0.0629. The van der Waals surface area contributed by atoms with Gasteiger partial charge in [0.05, 0.1) is 24.7 Å². The molecule has 1 aliphatic rings. The van der Waals surface area contributed by atoms with E-state index in [-0.39, 0.29) is 11.5 Å². The van der Waals surface area contributed by atoms with Gasteiger partial charge in [0.1, 0.15) is 6.10 Å². The maximum Gasteiger partial charge on any atom is 0.228 e. The highest BCUT2D eigenvalue weighted by Gasteiger charge is 2.26. The Hall–Kier alpha value is -2.12. The van der Waals surface area contributed by atoms with Crippen LogP contribution in [-0.2, 0) is 4.74 Å². The first kappa shape index (κ1) is 16.7. The summed E-state index contributed by atoms with van der Waals surface area (Å²) in [6.07, 6.45) is 6.73. The molecule has 1 saturated heterocycles. The molecule has 2 aromatic heterocycles. The second-order valence-corrected chi connectivity index (χ2v) is 7.18. The molecule has 24 heavy (non-hydrogen) atoms. The molecule has 1 aliphatic heterocycles. The van der Waals surface area contributed by atoms with Gasteiger partial charge in [-0.1, -0.05) is 20.8 Å². The Labute approximate surface area is 142 Å². The number of hydrogen-bond donors (Lipinski definition) is 1. The summed E-state index contributed by atoms with van der Waals surface area (Å²) in [5, 5.41) is 3.07. The number of rotatable bonds is 4. The van der Waals surface area contributed by atoms with E-state index in [0.717, 1.165) is 25.3 Å². The number of nitrogens with one attached hydrogen (secondary N) is 1. The van der Waals surface area contributed by atoms with Gasteiger partial charge < -0.3 is 10.1 Å². The Kier molecular flexibility index (Phi) is 5.01. The van der Waals surface area contributed by atoms with Crippen LogP contribution in [0.1, 0.15) is 32.6 Å². The number of ether oxygens (including phenoxy) is 1. The van der Waals surface area contributed by atoms with E-state index >= 15 is 0 Å². The average Bonchev–Trinajstić information content (AvgIpc) is 2.55. The van der Waals surface area contributed by atoms with Gasteiger partial charge in [-0.05, 0) is 11.5 Å². The molecule has 128 valence electrons. The Bertz CT molecular complexity index is 658. The van der Waals surface area contributed by atoms with Crippen molar-refractivity contribution >= 4 is 11.8 Å². The molecule has 0 saturated carbocycles. The van der Waals surface area contributed by atoms with Crippen LogP contribution in [0.25, 0.3) is 0 Å². The van der Waals surface area contributed by atoms with Crippen molar-refractivity contribution in [2.75, 3.05) is 31.6 Å². The fourth-order valence-electron chi connectivity index (χ4n) is 2.77. The van der Waals surface area contributed by atoms with Gasteiger partial charge in [0.2, 0.25) is 5.95 Å². The maximum atomic E-state index is 5.91. The van der Waals surface area contributed by atoms with Gasteiger partial charge in [-0.15, -0.1) is 0 Å². The molecule has 0 bridgehead atoms. The summed E-state index contributed by atoms with van der Waals surface area (Å²) in [5.41, 5.74) is 1.09. The SMILES string of the molecule is CC(C)(C)CN1CCOC(c2cncc(Nc3ncccn3)n2)C1. The molecular formula is C17H24N6O. The molecule has 0 aliphatic carbocycles. The van der Waals surface area contributed by atoms with Gasteiger partial charge >= 0.3 is 0 Å². The molecular weight excluding hydrogens is 304 g/mol. The van der Waals surface area contributed by atoms with E-state index in [9.17, 15) is 0 Å². The molecule has 1 fully saturated rings. The van der Waals surface area contributed by atoms with E-state index in [2.05, 4.69) is 50.9 Å². The molecule has 0 spiro atoms. The zero-order chi connectivity index (χ0) is 17.0. The number of hydrogen-bond acceptors (Lipinski definition) is 7. The lowest BCUT2D eigenvalue weighted by atomic mass is 9.95. The van der Waals surface area contributed by atoms with Crippen LogP contribution in [0.4, 0.5) is 11.8 Å². The van der Waals surface area contributed by atoms with Crippen LogP contribution in [0.15, 0.2) is 30.9 Å². The van der Waals surface area contributed by atoms with E-state index in [4.69, 9.17) is 4.74 Å². The molecule has 7 nitrogen and oxygen atoms in total. The molecule has 1 atom stereocenters. The number of nitrogens with zero attached hydrogens (tertiary/aromatic N) is 5. The smallest absolute Gasteiger partial charge is 0.228 e. The van der Waals surface area contributed by atoms with Crippen LogP contribution >= 0.6 is 0 Å². The third-order valence-corrected chi connectivity index (χ3v) is 3.64. The first-order valence-corrected chi connectivity index (χ1v) is 8.19. The quantitative estimate of drug-likeness (QED) is 0.923. The van der Waals surface area contributed by atoms with Crippen molar-refractivity contribution < 1.29 is 4.74 Å². The van der Waals surface area contributed by atoms with Crippen molar-refractivity contribution in [2.24, 2.45) is 5.41 Å². The van der Waals surface area contributed by atoms with E-state index in [1.165, 1.54) is 0 Å². The van der Waals surface area contributed by atoms with Crippen molar-refractivity contribution in [3.8, 4) is 0 Å². The fraction of sp³-hybridized carbons (Fsp3) is 0.529. The predicted molar refractivity (Wildman–Crippen MR) is 91.9 cm³/mol. The van der Waals surface area contributed by atoms with Crippen LogP contribution in [0.5, 0.6) is 0 Å². The zero-order valence-electron chi connectivity index (χ0n) is 14.4. The summed E-state index contributed by atoms with van der Waals surface area (Å²) in [6.45, 7) is 10.3. The maximum absolute atomic E-state index is 5.91. The van der Waals surface area contributed by atoms with Crippen molar-refractivity contribution in [2.45, 2.75) is 26.9 Å². The number of anilines is 2. The monoisotopic (exact) mass is 328 g/mol. The minimum Gasteiger partial charge on any atom is -0.369 e. The van der Waals surface area contributed by atoms with E-state index in [0.29, 0.717) is 18.4 Å². The van der Waals surface area contributed by atoms with Gasteiger partial charge in [-0.25, -0.2) is 15.0 Å². The largest absolute Gasteiger partial charge is 0.369 e. The third-order valence-electron chi connectivity index (χ3n) is 3.64. The van der Waals surface area contributed by atoms with Crippen LogP contribution in [0.3, 0.4) is 0 Å². The highest BCUT2D eigenvalue weighted by molar-refractivity contribution is 5.45. The van der Waals surface area contributed by atoms with Gasteiger partial charge in [0.25, 0.3) is 0 Å². The summed E-state index contributed by atoms with van der Waals surface area (Å²) in [4.78, 5) is 19.6. The molecule has 0 amide bonds. The Morgan fingerprint density at radius 2 is 2.04 bits per heavy atom. The lowest BCUT2D eigenvalue weighted by Crippen LogP contribution is -2.42. The van der Waals surface area contributed by atoms with E-state index in [1.807, 2.05) is 0 Å². The highest BCUT2D eigenvalue weighted by Crippen LogP contribution is 2.24. The summed E-state index contributed by atoms with van der Waals surface area (Å²) in [6, 6.07) is 1.77. The standard InChI is InChI=1S/C17H24N6O/c1-17(2,3)12-23-7-8-24-14(11-23)13-9-18-10-15(21-13)22-16-19-5-4-6-20-16/h4-6,9-10,14H,7-8,11-12H2,1-3H3,(H,19,20,21,22). The Morgan fingerprint density at radius 1 is 1.25 bits per heavy atom. The minimum absolute atomic E-state index is 0.0629. The van der Waals surface area contributed by atoms with Crippen LogP contribution in [-0.4, -0.2) is 51.1 Å². The van der Waals surface area contributed by atoms with Crippen LogP contribution in [0.2, 0.25) is 0 Å². The van der Waals surface area contributed by atoms with E-state index in [1.54, 1.807) is 30.9 Å². The normalized spacial score (nSPS) is 19.2. The van der Waals surface area contributed by atoms with Gasteiger partial charge in [0.15, 0.2) is 5.82 Å². The van der Waals surface area contributed by atoms with Gasteiger partial charge in [-0.2, -0.15) is 0 Å². The lowest BCUT2D eigenvalue weighted by Gasteiger charge is -2.36. The molecule has 1 N–H and O–H groups in total. The molecule has 1 unspecified atom stereocenters. The third kappa shape index (κ3) is 4.69. The molecule has 3 rings (SSSR count). The second kappa shape index (κ2) is 7.19. The van der Waals surface area contributed by atoms with Gasteiger partial charge in [-0.3, -0.25) is 9.88 Å². The first-order valence-electron chi connectivity index (χ1n) is 8.19. The molecule has 0 aromatic carbocycles. The molecule has 7 heteroatoms. The molecule has 3 heterocycles. The van der Waals surface area contributed by atoms with Crippen molar-refractivity contribution in [1.29, 1.82) is 0 Å². The average molecular weight is 328 g/mol. The highest BCUT2D eigenvalue weighted by atomic mass is 16.5. The zero-order valence-corrected chi connectivity index (χ0v) is 14.4. The summed E-state index contributed by atoms with van der Waals surface area (Å²) < 4.78 is 5.91. The molecule has 2 aromatic rings. The van der Waals surface area contributed by atoms with Crippen molar-refractivity contribution in [1.82, 2.24) is 24.8 Å². The fourth-order valence-corrected chi connectivity index (χ4v) is 2.77. The van der Waals surface area contributed by atoms with Crippen LogP contribution < -0.4 is 5.32 Å². The van der Waals surface area contributed by atoms with Crippen molar-refractivity contribution in [3.63, 3.8) is 0 Å².